The van der Waals surface area contributed by atoms with E-state index >= 15 is 0 Å². The lowest BCUT2D eigenvalue weighted by Gasteiger charge is -2.38. The van der Waals surface area contributed by atoms with E-state index in [9.17, 15) is 35.4 Å². The van der Waals surface area contributed by atoms with Gasteiger partial charge in [-0.2, -0.15) is 0 Å². The van der Waals surface area contributed by atoms with Crippen LogP contribution in [0.1, 0.15) is 0 Å². The predicted octanol–water partition coefficient (Wildman–Crippen LogP) is 0.0585. The zero-order valence-corrected chi connectivity index (χ0v) is 17.3. The second-order valence-corrected chi connectivity index (χ2v) is 7.50. The molecular formula is C22H22O11. The van der Waals surface area contributed by atoms with Gasteiger partial charge in [0.1, 0.15) is 53.5 Å². The van der Waals surface area contributed by atoms with Crippen LogP contribution in [-0.4, -0.2) is 75.1 Å². The third kappa shape index (κ3) is 4.19. The molecule has 0 spiro atoms. The summed E-state index contributed by atoms with van der Waals surface area (Å²) in [6, 6.07) is 8.44. The van der Waals surface area contributed by atoms with Crippen LogP contribution in [0.2, 0.25) is 0 Å². The van der Waals surface area contributed by atoms with Crippen molar-refractivity contribution in [1.29, 1.82) is 0 Å². The molecule has 1 aliphatic heterocycles. The minimum absolute atomic E-state index is 0.0283. The van der Waals surface area contributed by atoms with Crippen LogP contribution in [0.3, 0.4) is 0 Å². The normalized spacial score (nSPS) is 25.2. The molecule has 1 saturated heterocycles. The van der Waals surface area contributed by atoms with E-state index in [0.717, 1.165) is 0 Å². The van der Waals surface area contributed by atoms with Gasteiger partial charge in [0.2, 0.25) is 5.75 Å². The molecule has 11 nitrogen and oxygen atoms in total. The molecule has 0 saturated carbocycles. The molecule has 1 aliphatic rings. The number of fused-ring (bicyclic) bond motifs is 1. The number of ether oxygens (including phenoxy) is 3. The highest BCUT2D eigenvalue weighted by Crippen LogP contribution is 2.42. The molecule has 1 aromatic heterocycles. The van der Waals surface area contributed by atoms with Crippen molar-refractivity contribution in [2.45, 2.75) is 30.7 Å². The van der Waals surface area contributed by atoms with Gasteiger partial charge in [0.05, 0.1) is 7.11 Å². The number of aliphatic hydroxyl groups is 4. The van der Waals surface area contributed by atoms with E-state index in [1.54, 1.807) is 12.1 Å². The first-order valence-corrected chi connectivity index (χ1v) is 9.89. The zero-order valence-electron chi connectivity index (χ0n) is 17.3. The Labute approximate surface area is 186 Å². The molecule has 1 fully saturated rings. The smallest absolute Gasteiger partial charge is 0.204 e. The Morgan fingerprint density at radius 2 is 1.67 bits per heavy atom. The Morgan fingerprint density at radius 1 is 0.970 bits per heavy atom. The van der Waals surface area contributed by atoms with Crippen molar-refractivity contribution >= 4 is 11.0 Å². The van der Waals surface area contributed by atoms with Crippen LogP contribution in [0.25, 0.3) is 22.3 Å². The summed E-state index contributed by atoms with van der Waals surface area (Å²) in [5.74, 6) is -0.571. The summed E-state index contributed by atoms with van der Waals surface area (Å²) in [6.07, 6.45) is -7.89. The van der Waals surface area contributed by atoms with Crippen LogP contribution in [0, 0.1) is 0 Å². The Morgan fingerprint density at radius 3 is 2.33 bits per heavy atom. The van der Waals surface area contributed by atoms with E-state index in [-0.39, 0.29) is 34.0 Å². The van der Waals surface area contributed by atoms with Gasteiger partial charge in [-0.25, -0.2) is 0 Å². The summed E-state index contributed by atoms with van der Waals surface area (Å²) in [5.41, 5.74) is -0.0720. The van der Waals surface area contributed by atoms with Gasteiger partial charge in [-0.1, -0.05) is 0 Å². The number of aromatic hydroxyl groups is 2. The van der Waals surface area contributed by atoms with Crippen molar-refractivity contribution < 1.29 is 49.3 Å². The quantitative estimate of drug-likeness (QED) is 0.302. The summed E-state index contributed by atoms with van der Waals surface area (Å²) in [7, 11) is 1.25. The second-order valence-electron chi connectivity index (χ2n) is 7.50. The van der Waals surface area contributed by atoms with Crippen LogP contribution in [-0.2, 0) is 4.74 Å². The minimum atomic E-state index is -1.74. The van der Waals surface area contributed by atoms with E-state index in [0.29, 0.717) is 5.56 Å². The van der Waals surface area contributed by atoms with Crippen molar-refractivity contribution in [2.24, 2.45) is 0 Å². The first kappa shape index (κ1) is 22.8. The van der Waals surface area contributed by atoms with Crippen molar-refractivity contribution in [1.82, 2.24) is 0 Å². The molecule has 5 atom stereocenters. The predicted molar refractivity (Wildman–Crippen MR) is 112 cm³/mol. The Balaban J connectivity index is 1.70. The molecule has 5 unspecified atom stereocenters. The Kier molecular flexibility index (Phi) is 6.15. The number of hydrogen-bond acceptors (Lipinski definition) is 11. The molecule has 176 valence electrons. The number of aliphatic hydroxyl groups excluding tert-OH is 4. The largest absolute Gasteiger partial charge is 0.508 e. The number of rotatable bonds is 5. The molecule has 2 heterocycles. The molecular weight excluding hydrogens is 440 g/mol. The van der Waals surface area contributed by atoms with Crippen molar-refractivity contribution in [3.05, 3.63) is 46.6 Å². The van der Waals surface area contributed by atoms with Crippen LogP contribution < -0.4 is 14.9 Å². The maximum absolute atomic E-state index is 12.7. The molecule has 0 radical (unpaired) electrons. The van der Waals surface area contributed by atoms with Crippen LogP contribution in [0.4, 0.5) is 0 Å². The average molecular weight is 462 g/mol. The SMILES string of the molecule is COc1c(OCC2OC(O)C(O)C(O)C2O)cc2oc(-c3ccc(O)cc3)cc(=O)c2c1O. The van der Waals surface area contributed by atoms with Gasteiger partial charge in [-0.05, 0) is 24.3 Å². The molecule has 2 aromatic carbocycles. The summed E-state index contributed by atoms with van der Waals surface area (Å²) >= 11 is 0. The monoisotopic (exact) mass is 462 g/mol. The highest BCUT2D eigenvalue weighted by atomic mass is 16.6. The van der Waals surface area contributed by atoms with Gasteiger partial charge >= 0.3 is 0 Å². The van der Waals surface area contributed by atoms with E-state index in [2.05, 4.69) is 0 Å². The molecule has 11 heteroatoms. The van der Waals surface area contributed by atoms with Crippen molar-refractivity contribution in [3.63, 3.8) is 0 Å². The molecule has 0 amide bonds. The third-order valence-electron chi connectivity index (χ3n) is 5.36. The number of methoxy groups -OCH3 is 1. The number of hydrogen-bond donors (Lipinski definition) is 6. The van der Waals surface area contributed by atoms with E-state index < -0.39 is 48.5 Å². The standard InChI is InChI=1S/C22H22O11/c1-30-21-14(31-8-15-17(25)19(27)20(28)22(29)33-15)7-13-16(18(21)26)11(24)6-12(32-13)9-2-4-10(23)5-3-9/h2-7,15,17,19-20,22-23,25-29H,8H2,1H3. The van der Waals surface area contributed by atoms with E-state index in [4.69, 9.17) is 18.6 Å². The fourth-order valence-electron chi connectivity index (χ4n) is 3.57. The van der Waals surface area contributed by atoms with E-state index in [1.165, 1.54) is 31.4 Å². The fraction of sp³-hybridized carbons (Fsp3) is 0.318. The first-order valence-electron chi connectivity index (χ1n) is 9.89. The summed E-state index contributed by atoms with van der Waals surface area (Å²) < 4.78 is 21.6. The zero-order chi connectivity index (χ0) is 23.9. The van der Waals surface area contributed by atoms with E-state index in [1.807, 2.05) is 0 Å². The Hall–Kier alpha value is -3.35. The van der Waals surface area contributed by atoms with Gasteiger partial charge in [-0.3, -0.25) is 4.79 Å². The molecule has 33 heavy (non-hydrogen) atoms. The van der Waals surface area contributed by atoms with Gasteiger partial charge in [0.25, 0.3) is 0 Å². The van der Waals surface area contributed by atoms with Gasteiger partial charge in [0.15, 0.2) is 23.2 Å². The van der Waals surface area contributed by atoms with Gasteiger partial charge in [0, 0.05) is 17.7 Å². The van der Waals surface area contributed by atoms with Crippen LogP contribution in [0.5, 0.6) is 23.0 Å². The van der Waals surface area contributed by atoms with Crippen molar-refractivity contribution in [3.8, 4) is 34.3 Å². The molecule has 0 aliphatic carbocycles. The first-order chi connectivity index (χ1) is 15.7. The lowest BCUT2D eigenvalue weighted by atomic mass is 9.99. The average Bonchev–Trinajstić information content (AvgIpc) is 2.79. The lowest BCUT2D eigenvalue weighted by molar-refractivity contribution is -0.285. The molecule has 0 bridgehead atoms. The number of phenols is 2. The lowest BCUT2D eigenvalue weighted by Crippen LogP contribution is -2.58. The van der Waals surface area contributed by atoms with Gasteiger partial charge < -0.3 is 49.3 Å². The number of phenolic OH excluding ortho intramolecular Hbond substituents is 2. The second kappa shape index (κ2) is 8.89. The third-order valence-corrected chi connectivity index (χ3v) is 5.36. The Bertz CT molecular complexity index is 1200. The van der Waals surface area contributed by atoms with Crippen molar-refractivity contribution in [2.75, 3.05) is 13.7 Å². The van der Waals surface area contributed by atoms with Gasteiger partial charge in [-0.15, -0.1) is 0 Å². The maximum atomic E-state index is 12.7. The summed E-state index contributed by atoms with van der Waals surface area (Å²) in [5, 5.41) is 59.1. The highest BCUT2D eigenvalue weighted by molar-refractivity contribution is 5.89. The van der Waals surface area contributed by atoms with Crippen LogP contribution in [0.15, 0.2) is 45.6 Å². The molecule has 3 aromatic rings. The fourth-order valence-corrected chi connectivity index (χ4v) is 3.57. The van der Waals surface area contributed by atoms with Crippen LogP contribution >= 0.6 is 0 Å². The highest BCUT2D eigenvalue weighted by Gasteiger charge is 2.43. The summed E-state index contributed by atoms with van der Waals surface area (Å²) in [4.78, 5) is 12.7. The maximum Gasteiger partial charge on any atom is 0.204 e. The summed E-state index contributed by atoms with van der Waals surface area (Å²) in [6.45, 7) is -0.412. The minimum Gasteiger partial charge on any atom is -0.508 e. The molecule has 4 rings (SSSR count). The number of benzene rings is 2. The topological polar surface area (TPSA) is 179 Å². The molecule has 6 N–H and O–H groups in total.